The maximum Gasteiger partial charge on any atom is 0.418 e. The van der Waals surface area contributed by atoms with E-state index in [0.717, 1.165) is 30.2 Å². The summed E-state index contributed by atoms with van der Waals surface area (Å²) in [7, 11) is 3.99. The fraction of sp³-hybridized carbons (Fsp3) is 0.567. The molecule has 14 heteroatoms. The van der Waals surface area contributed by atoms with Crippen LogP contribution >= 0.6 is 22.9 Å². The van der Waals surface area contributed by atoms with Gasteiger partial charge in [-0.1, -0.05) is 11.6 Å². The molecule has 0 bridgehead atoms. The number of fused-ring (bicyclic) bond motifs is 1. The number of nitrogens with two attached hydrogens (primary N) is 1. The Morgan fingerprint density at radius 3 is 2.39 bits per heavy atom. The van der Waals surface area contributed by atoms with E-state index in [-0.39, 0.29) is 47.3 Å². The summed E-state index contributed by atoms with van der Waals surface area (Å²) < 4.78 is 41.1. The number of nitrogens with zero attached hydrogens (tertiary/aromatic N) is 4. The highest BCUT2D eigenvalue weighted by Crippen LogP contribution is 2.39. The van der Waals surface area contributed by atoms with E-state index in [2.05, 4.69) is 10.2 Å². The molecule has 1 aromatic heterocycles. The van der Waals surface area contributed by atoms with Gasteiger partial charge in [0.15, 0.2) is 0 Å². The number of alkyl halides is 3. The second-order valence-electron chi connectivity index (χ2n) is 12.1. The lowest BCUT2D eigenvalue weighted by molar-refractivity contribution is -0.143. The van der Waals surface area contributed by atoms with Crippen LogP contribution in [0.3, 0.4) is 0 Å². The van der Waals surface area contributed by atoms with Crippen molar-refractivity contribution in [2.45, 2.75) is 63.3 Å². The predicted octanol–water partition coefficient (Wildman–Crippen LogP) is 5.14. The van der Waals surface area contributed by atoms with Gasteiger partial charge in [-0.3, -0.25) is 9.59 Å². The molecule has 5 rings (SSSR count). The summed E-state index contributed by atoms with van der Waals surface area (Å²) in [4.78, 5) is 47.5. The van der Waals surface area contributed by atoms with Crippen LogP contribution in [-0.2, 0) is 28.7 Å². The summed E-state index contributed by atoms with van der Waals surface area (Å²) in [6.07, 6.45) is -2.19. The first-order chi connectivity index (χ1) is 20.8. The number of nitrogens with one attached hydrogen (secondary N) is 1. The summed E-state index contributed by atoms with van der Waals surface area (Å²) in [6, 6.07) is 2.44. The van der Waals surface area contributed by atoms with Gasteiger partial charge in [-0.25, -0.2) is 4.79 Å². The van der Waals surface area contributed by atoms with Crippen LogP contribution in [-0.4, -0.2) is 89.8 Å². The van der Waals surface area contributed by atoms with E-state index in [1.807, 2.05) is 29.8 Å². The molecule has 0 unspecified atom stereocenters. The number of anilines is 2. The number of piperidine rings is 2. The standard InChI is InChI=1S/C30H38ClF3N6O3S/c1-37(2)21-3-9-39(10-4-21)28(42)19(11-18-12-23(30(32,33)34)27(35)24(31)13-18)14-26(41)38-7-5-22(6-8-38)40-15-20-16-44-17-25(20)36-29(40)43/h12-13,16-17,19,21-22H,3-11,14-15,35H2,1-2H3,(H,36,43)/t19-/m0/s1. The Morgan fingerprint density at radius 1 is 1.09 bits per heavy atom. The largest absolute Gasteiger partial charge is 0.418 e. The lowest BCUT2D eigenvalue weighted by Gasteiger charge is -2.40. The van der Waals surface area contributed by atoms with Crippen molar-refractivity contribution in [3.05, 3.63) is 44.6 Å². The Morgan fingerprint density at radius 2 is 1.75 bits per heavy atom. The number of urea groups is 1. The van der Waals surface area contributed by atoms with Crippen LogP contribution < -0.4 is 11.1 Å². The first-order valence-electron chi connectivity index (χ1n) is 14.8. The molecule has 1 atom stereocenters. The Balaban J connectivity index is 1.28. The summed E-state index contributed by atoms with van der Waals surface area (Å²) in [5.74, 6) is -1.34. The Hall–Kier alpha value is -3.03. The van der Waals surface area contributed by atoms with Gasteiger partial charge in [-0.05, 0) is 69.3 Å². The van der Waals surface area contributed by atoms with E-state index in [0.29, 0.717) is 51.6 Å². The van der Waals surface area contributed by atoms with E-state index >= 15 is 0 Å². The first kappa shape index (κ1) is 32.4. The van der Waals surface area contributed by atoms with Gasteiger partial charge < -0.3 is 30.7 Å². The van der Waals surface area contributed by atoms with Crippen molar-refractivity contribution < 1.29 is 27.6 Å². The van der Waals surface area contributed by atoms with E-state index in [1.165, 1.54) is 17.4 Å². The fourth-order valence-electron chi connectivity index (χ4n) is 6.48. The second-order valence-corrected chi connectivity index (χ2v) is 13.3. The van der Waals surface area contributed by atoms with Gasteiger partial charge >= 0.3 is 12.2 Å². The van der Waals surface area contributed by atoms with Crippen LogP contribution in [0.5, 0.6) is 0 Å². The van der Waals surface area contributed by atoms with Crippen LogP contribution in [0, 0.1) is 5.92 Å². The van der Waals surface area contributed by atoms with Crippen molar-refractivity contribution >= 4 is 52.2 Å². The van der Waals surface area contributed by atoms with Gasteiger partial charge in [0.05, 0.1) is 34.4 Å². The highest BCUT2D eigenvalue weighted by molar-refractivity contribution is 7.08. The number of amides is 4. The van der Waals surface area contributed by atoms with Crippen molar-refractivity contribution in [2.75, 3.05) is 51.3 Å². The molecule has 3 aliphatic rings. The van der Waals surface area contributed by atoms with Crippen LogP contribution in [0.25, 0.3) is 0 Å². The van der Waals surface area contributed by atoms with E-state index in [1.54, 1.807) is 9.80 Å². The number of carbonyl (C=O) groups is 3. The number of nitrogen functional groups attached to an aromatic ring is 1. The molecule has 4 heterocycles. The van der Waals surface area contributed by atoms with Gasteiger partial charge in [0, 0.05) is 55.6 Å². The average Bonchev–Trinajstić information content (AvgIpc) is 3.44. The highest BCUT2D eigenvalue weighted by atomic mass is 35.5. The molecule has 0 aliphatic carbocycles. The molecule has 2 fully saturated rings. The van der Waals surface area contributed by atoms with Crippen LogP contribution in [0.2, 0.25) is 5.02 Å². The molecule has 1 aromatic carbocycles. The van der Waals surface area contributed by atoms with Gasteiger partial charge in [-0.2, -0.15) is 13.2 Å². The SMILES string of the molecule is CN(C)C1CCN(C(=O)[C@H](CC(=O)N2CCC(N3Cc4cscc4NC3=O)CC2)Cc2cc(Cl)c(N)c(C(F)(F)F)c2)CC1. The third-order valence-electron chi connectivity index (χ3n) is 9.10. The van der Waals surface area contributed by atoms with Crippen molar-refractivity contribution in [1.29, 1.82) is 0 Å². The minimum atomic E-state index is -4.71. The predicted molar refractivity (Wildman–Crippen MR) is 164 cm³/mol. The van der Waals surface area contributed by atoms with Crippen molar-refractivity contribution in [2.24, 2.45) is 5.92 Å². The number of hydrogen-bond donors (Lipinski definition) is 2. The van der Waals surface area contributed by atoms with Crippen molar-refractivity contribution in [3.63, 3.8) is 0 Å². The zero-order valence-corrected chi connectivity index (χ0v) is 26.4. The monoisotopic (exact) mass is 654 g/mol. The number of rotatable bonds is 7. The molecule has 0 saturated carbocycles. The molecule has 0 spiro atoms. The fourth-order valence-corrected chi connectivity index (χ4v) is 7.50. The maximum absolute atomic E-state index is 13.8. The van der Waals surface area contributed by atoms with Crippen LogP contribution in [0.4, 0.5) is 29.3 Å². The van der Waals surface area contributed by atoms with E-state index in [4.69, 9.17) is 17.3 Å². The zero-order chi connectivity index (χ0) is 31.8. The first-order valence-corrected chi connectivity index (χ1v) is 16.1. The van der Waals surface area contributed by atoms with Crippen LogP contribution in [0.15, 0.2) is 22.9 Å². The maximum atomic E-state index is 13.8. The molecule has 9 nitrogen and oxygen atoms in total. The lowest BCUT2D eigenvalue weighted by Crippen LogP contribution is -2.51. The number of benzene rings is 1. The average molecular weight is 655 g/mol. The molecule has 44 heavy (non-hydrogen) atoms. The number of carbonyl (C=O) groups excluding carboxylic acids is 3. The molecule has 3 aliphatic heterocycles. The number of thiophene rings is 1. The minimum Gasteiger partial charge on any atom is -0.397 e. The number of halogens is 4. The zero-order valence-electron chi connectivity index (χ0n) is 24.8. The Bertz CT molecular complexity index is 1390. The third kappa shape index (κ3) is 7.10. The van der Waals surface area contributed by atoms with Gasteiger partial charge in [-0.15, -0.1) is 11.3 Å². The van der Waals surface area contributed by atoms with Crippen molar-refractivity contribution in [1.82, 2.24) is 19.6 Å². The molecule has 2 aromatic rings. The molecule has 3 N–H and O–H groups in total. The molecular formula is C30H38ClF3N6O3S. The quantitative estimate of drug-likeness (QED) is 0.403. The molecule has 240 valence electrons. The summed E-state index contributed by atoms with van der Waals surface area (Å²) in [6.45, 7) is 2.39. The minimum absolute atomic E-state index is 0.0276. The van der Waals surface area contributed by atoms with Crippen molar-refractivity contribution in [3.8, 4) is 0 Å². The summed E-state index contributed by atoms with van der Waals surface area (Å²) in [5, 5.41) is 6.62. The second kappa shape index (κ2) is 13.1. The number of hydrogen-bond acceptors (Lipinski definition) is 6. The molecule has 4 amide bonds. The van der Waals surface area contributed by atoms with Gasteiger partial charge in [0.2, 0.25) is 11.8 Å². The van der Waals surface area contributed by atoms with Gasteiger partial charge in [0.25, 0.3) is 0 Å². The molecular weight excluding hydrogens is 617 g/mol. The Labute approximate surface area is 264 Å². The van der Waals surface area contributed by atoms with Gasteiger partial charge in [0.1, 0.15) is 0 Å². The third-order valence-corrected chi connectivity index (χ3v) is 10.2. The highest BCUT2D eigenvalue weighted by Gasteiger charge is 2.37. The van der Waals surface area contributed by atoms with Crippen LogP contribution in [0.1, 0.15) is 48.8 Å². The number of likely N-dealkylation sites (tertiary alicyclic amines) is 2. The topological polar surface area (TPSA) is 102 Å². The smallest absolute Gasteiger partial charge is 0.397 e. The normalized spacial score (nSPS) is 19.2. The molecule has 0 radical (unpaired) electrons. The molecule has 2 saturated heterocycles. The summed E-state index contributed by atoms with van der Waals surface area (Å²) in [5.41, 5.74) is 6.13. The Kier molecular flexibility index (Phi) is 9.66. The summed E-state index contributed by atoms with van der Waals surface area (Å²) >= 11 is 7.62. The van der Waals surface area contributed by atoms with E-state index in [9.17, 15) is 27.6 Å². The lowest BCUT2D eigenvalue weighted by atomic mass is 9.91. The van der Waals surface area contributed by atoms with E-state index < -0.39 is 23.3 Å².